The van der Waals surface area contributed by atoms with Crippen molar-refractivity contribution >= 4 is 35.0 Å². The predicted molar refractivity (Wildman–Crippen MR) is 79.2 cm³/mol. The molecule has 0 radical (unpaired) electrons. The van der Waals surface area contributed by atoms with Crippen molar-refractivity contribution in [3.05, 3.63) is 28.2 Å². The van der Waals surface area contributed by atoms with Gasteiger partial charge in [-0.2, -0.15) is 5.26 Å². The third-order valence-electron chi connectivity index (χ3n) is 2.77. The first kappa shape index (κ1) is 15.7. The summed E-state index contributed by atoms with van der Waals surface area (Å²) in [5.41, 5.74) is 5.22. The maximum Gasteiger partial charge on any atom is 0.104 e. The molecule has 1 rings (SSSR count). The van der Waals surface area contributed by atoms with Gasteiger partial charge in [-0.1, -0.05) is 30.1 Å². The van der Waals surface area contributed by atoms with E-state index in [9.17, 15) is 0 Å². The summed E-state index contributed by atoms with van der Waals surface area (Å²) in [4.78, 5) is 0.972. The molecule has 1 atom stereocenters. The van der Waals surface area contributed by atoms with E-state index >= 15 is 0 Å². The summed E-state index contributed by atoms with van der Waals surface area (Å²) >= 11 is 13.6. The number of hydrogen-bond acceptors (Lipinski definition) is 3. The van der Waals surface area contributed by atoms with E-state index in [4.69, 9.17) is 34.2 Å². The molecule has 0 aliphatic carbocycles. The highest BCUT2D eigenvalue weighted by atomic mass is 35.5. The third kappa shape index (κ3) is 4.70. The van der Waals surface area contributed by atoms with Crippen molar-refractivity contribution in [3.63, 3.8) is 0 Å². The monoisotopic (exact) mass is 302 g/mol. The van der Waals surface area contributed by atoms with Crippen molar-refractivity contribution in [2.75, 3.05) is 5.75 Å². The summed E-state index contributed by atoms with van der Waals surface area (Å²) in [6.07, 6.45) is 2.25. The summed E-state index contributed by atoms with van der Waals surface area (Å²) in [5.74, 6) is 0.876. The van der Waals surface area contributed by atoms with Gasteiger partial charge in [-0.3, -0.25) is 0 Å². The fourth-order valence-corrected chi connectivity index (χ4v) is 2.91. The predicted octanol–water partition coefficient (Wildman–Crippen LogP) is 4.50. The van der Waals surface area contributed by atoms with Gasteiger partial charge in [0.05, 0.1) is 11.1 Å². The molecule has 0 spiro atoms. The molecule has 5 heteroatoms. The van der Waals surface area contributed by atoms with Crippen LogP contribution in [0.25, 0.3) is 0 Å². The van der Waals surface area contributed by atoms with Gasteiger partial charge < -0.3 is 5.73 Å². The second-order valence-electron chi connectivity index (χ2n) is 4.15. The maximum absolute atomic E-state index is 8.96. The standard InChI is InChI=1S/C13H16Cl2N2S/c1-2-13(17,9-16)6-3-7-18-12-8-10(14)4-5-11(12)15/h4-5,8H,2-3,6-7,17H2,1H3. The van der Waals surface area contributed by atoms with Crippen LogP contribution in [0.5, 0.6) is 0 Å². The highest BCUT2D eigenvalue weighted by Gasteiger charge is 2.20. The third-order valence-corrected chi connectivity index (χ3v) is 4.59. The van der Waals surface area contributed by atoms with E-state index < -0.39 is 5.54 Å². The fourth-order valence-electron chi connectivity index (χ4n) is 1.47. The summed E-state index contributed by atoms with van der Waals surface area (Å²) in [7, 11) is 0. The molecule has 0 amide bonds. The van der Waals surface area contributed by atoms with Crippen LogP contribution in [0.3, 0.4) is 0 Å². The van der Waals surface area contributed by atoms with Crippen LogP contribution in [0.2, 0.25) is 10.0 Å². The molecule has 0 fully saturated rings. The molecule has 0 heterocycles. The second kappa shape index (κ2) is 7.25. The molecule has 0 bridgehead atoms. The zero-order valence-electron chi connectivity index (χ0n) is 10.2. The van der Waals surface area contributed by atoms with Crippen molar-refractivity contribution in [2.45, 2.75) is 36.6 Å². The Balaban J connectivity index is 2.43. The van der Waals surface area contributed by atoms with Crippen LogP contribution < -0.4 is 5.73 Å². The number of rotatable bonds is 6. The Kier molecular flexibility index (Phi) is 6.31. The van der Waals surface area contributed by atoms with Crippen LogP contribution in [-0.4, -0.2) is 11.3 Å². The van der Waals surface area contributed by atoms with Crippen molar-refractivity contribution in [3.8, 4) is 6.07 Å². The number of hydrogen-bond donors (Lipinski definition) is 1. The molecule has 1 aromatic carbocycles. The topological polar surface area (TPSA) is 49.8 Å². The van der Waals surface area contributed by atoms with Gasteiger partial charge in [0.15, 0.2) is 0 Å². The molecule has 1 unspecified atom stereocenters. The average molecular weight is 303 g/mol. The minimum Gasteiger partial charge on any atom is -0.313 e. The van der Waals surface area contributed by atoms with Gasteiger partial charge in [0.25, 0.3) is 0 Å². The zero-order chi connectivity index (χ0) is 13.6. The number of halogens is 2. The van der Waals surface area contributed by atoms with Crippen LogP contribution in [0, 0.1) is 11.3 Å². The SMILES string of the molecule is CCC(N)(C#N)CCCSc1cc(Cl)ccc1Cl. The van der Waals surface area contributed by atoms with E-state index in [1.165, 1.54) is 0 Å². The number of thioether (sulfide) groups is 1. The van der Waals surface area contributed by atoms with E-state index in [0.717, 1.165) is 17.1 Å². The minimum atomic E-state index is -0.696. The lowest BCUT2D eigenvalue weighted by molar-refractivity contribution is 0.478. The van der Waals surface area contributed by atoms with Gasteiger partial charge in [-0.05, 0) is 43.2 Å². The minimum absolute atomic E-state index is 0.673. The lowest BCUT2D eigenvalue weighted by Gasteiger charge is -2.18. The van der Waals surface area contributed by atoms with Crippen molar-refractivity contribution < 1.29 is 0 Å². The van der Waals surface area contributed by atoms with E-state index in [1.54, 1.807) is 23.9 Å². The van der Waals surface area contributed by atoms with Gasteiger partial charge in [0.1, 0.15) is 5.54 Å². The zero-order valence-corrected chi connectivity index (χ0v) is 12.6. The highest BCUT2D eigenvalue weighted by molar-refractivity contribution is 7.99. The molecule has 1 aromatic rings. The first-order valence-corrected chi connectivity index (χ1v) is 7.53. The number of nitriles is 1. The Hall–Kier alpha value is -0.400. The summed E-state index contributed by atoms with van der Waals surface area (Å²) < 4.78 is 0. The van der Waals surface area contributed by atoms with Crippen LogP contribution in [0.15, 0.2) is 23.1 Å². The fraction of sp³-hybridized carbons (Fsp3) is 0.462. The molecule has 98 valence electrons. The van der Waals surface area contributed by atoms with Crippen LogP contribution in [0.1, 0.15) is 26.2 Å². The van der Waals surface area contributed by atoms with Gasteiger partial charge >= 0.3 is 0 Å². The lowest BCUT2D eigenvalue weighted by Crippen LogP contribution is -2.37. The van der Waals surface area contributed by atoms with Gasteiger partial charge in [-0.25, -0.2) is 0 Å². The molecule has 0 saturated heterocycles. The highest BCUT2D eigenvalue weighted by Crippen LogP contribution is 2.30. The van der Waals surface area contributed by atoms with E-state index in [-0.39, 0.29) is 0 Å². The number of nitrogens with zero attached hydrogens (tertiary/aromatic N) is 1. The maximum atomic E-state index is 8.96. The molecule has 2 nitrogen and oxygen atoms in total. The van der Waals surface area contributed by atoms with E-state index in [0.29, 0.717) is 22.9 Å². The van der Waals surface area contributed by atoms with Crippen LogP contribution in [-0.2, 0) is 0 Å². The largest absolute Gasteiger partial charge is 0.313 e. The van der Waals surface area contributed by atoms with Crippen LogP contribution >= 0.6 is 35.0 Å². The van der Waals surface area contributed by atoms with Crippen molar-refractivity contribution in [1.82, 2.24) is 0 Å². The summed E-state index contributed by atoms with van der Waals surface area (Å²) in [6, 6.07) is 7.59. The lowest BCUT2D eigenvalue weighted by atomic mass is 9.94. The van der Waals surface area contributed by atoms with E-state index in [1.807, 2.05) is 13.0 Å². The molecule has 0 aromatic heterocycles. The smallest absolute Gasteiger partial charge is 0.104 e. The number of benzene rings is 1. The Labute approximate surface area is 122 Å². The van der Waals surface area contributed by atoms with Gasteiger partial charge in [0.2, 0.25) is 0 Å². The Morgan fingerprint density at radius 2 is 2.17 bits per heavy atom. The summed E-state index contributed by atoms with van der Waals surface area (Å²) in [6.45, 7) is 1.93. The van der Waals surface area contributed by atoms with Crippen molar-refractivity contribution in [1.29, 1.82) is 5.26 Å². The number of nitrogens with two attached hydrogens (primary N) is 1. The van der Waals surface area contributed by atoms with Gasteiger partial charge in [-0.15, -0.1) is 11.8 Å². The normalized spacial score (nSPS) is 13.9. The molecular formula is C13H16Cl2N2S. The Morgan fingerprint density at radius 1 is 1.44 bits per heavy atom. The first-order chi connectivity index (χ1) is 8.50. The Morgan fingerprint density at radius 3 is 2.78 bits per heavy atom. The molecule has 18 heavy (non-hydrogen) atoms. The molecule has 0 aliphatic heterocycles. The van der Waals surface area contributed by atoms with E-state index in [2.05, 4.69) is 6.07 Å². The van der Waals surface area contributed by atoms with Crippen molar-refractivity contribution in [2.24, 2.45) is 5.73 Å². The average Bonchev–Trinajstić information content (AvgIpc) is 2.38. The molecule has 0 saturated carbocycles. The molecular weight excluding hydrogens is 287 g/mol. The molecule has 0 aliphatic rings. The quantitative estimate of drug-likeness (QED) is 0.622. The summed E-state index contributed by atoms with van der Waals surface area (Å²) in [5, 5.41) is 10.4. The molecule has 2 N–H and O–H groups in total. The Bertz CT molecular complexity index is 445. The second-order valence-corrected chi connectivity index (χ2v) is 6.13. The van der Waals surface area contributed by atoms with Gasteiger partial charge in [0, 0.05) is 9.92 Å². The van der Waals surface area contributed by atoms with Crippen LogP contribution in [0.4, 0.5) is 0 Å². The first-order valence-electron chi connectivity index (χ1n) is 5.79.